The Morgan fingerprint density at radius 2 is 1.48 bits per heavy atom. The molecule has 0 bridgehead atoms. The van der Waals surface area contributed by atoms with Crippen molar-refractivity contribution in [3.05, 3.63) is 97.1 Å². The van der Waals surface area contributed by atoms with E-state index in [9.17, 15) is 4.79 Å². The molecule has 0 unspecified atom stereocenters. The van der Waals surface area contributed by atoms with Crippen molar-refractivity contribution in [1.29, 1.82) is 0 Å². The van der Waals surface area contributed by atoms with E-state index in [2.05, 4.69) is 10.3 Å². The van der Waals surface area contributed by atoms with Gasteiger partial charge in [-0.2, -0.15) is 0 Å². The summed E-state index contributed by atoms with van der Waals surface area (Å²) in [5, 5.41) is 3.10. The van der Waals surface area contributed by atoms with Gasteiger partial charge in [0, 0.05) is 28.7 Å². The second-order valence-corrected chi connectivity index (χ2v) is 7.71. The molecule has 1 aliphatic heterocycles. The lowest BCUT2D eigenvalue weighted by Gasteiger charge is -2.31. The number of imidazole rings is 1. The number of hydrogen-bond acceptors (Lipinski definition) is 3. The van der Waals surface area contributed by atoms with Crippen LogP contribution in [0.5, 0.6) is 0 Å². The van der Waals surface area contributed by atoms with Crippen LogP contribution < -0.4 is 10.2 Å². The number of amides is 2. The lowest BCUT2D eigenvalue weighted by atomic mass is 10.1. The van der Waals surface area contributed by atoms with E-state index in [-0.39, 0.29) is 6.03 Å². The van der Waals surface area contributed by atoms with Crippen molar-refractivity contribution in [1.82, 2.24) is 14.9 Å². The third kappa shape index (κ3) is 3.28. The molecule has 6 heteroatoms. The quantitative estimate of drug-likeness (QED) is 0.504. The number of para-hydroxylation sites is 3. The number of urea groups is 1. The van der Waals surface area contributed by atoms with Crippen LogP contribution in [0.2, 0.25) is 0 Å². The molecule has 4 aromatic rings. The molecule has 0 radical (unpaired) electrons. The highest BCUT2D eigenvalue weighted by atomic mass is 32.2. The number of carbonyl (C=O) groups excluding carboxylic acids is 1. The van der Waals surface area contributed by atoms with Crippen molar-refractivity contribution in [3.8, 4) is 5.69 Å². The summed E-state index contributed by atoms with van der Waals surface area (Å²) in [6, 6.07) is 23.8. The first kappa shape index (κ1) is 17.6. The van der Waals surface area contributed by atoms with Gasteiger partial charge < -0.3 is 9.88 Å². The van der Waals surface area contributed by atoms with Crippen molar-refractivity contribution in [3.63, 3.8) is 0 Å². The molecule has 2 heterocycles. The van der Waals surface area contributed by atoms with Gasteiger partial charge in [0.05, 0.1) is 23.4 Å². The number of nitrogens with one attached hydrogen (secondary N) is 1. The maximum absolute atomic E-state index is 13.3. The Hall–Kier alpha value is -3.51. The van der Waals surface area contributed by atoms with Gasteiger partial charge in [0.25, 0.3) is 0 Å². The zero-order chi connectivity index (χ0) is 19.6. The van der Waals surface area contributed by atoms with Crippen molar-refractivity contribution in [2.24, 2.45) is 0 Å². The van der Waals surface area contributed by atoms with Crippen LogP contribution in [0.15, 0.2) is 101 Å². The second-order valence-electron chi connectivity index (χ2n) is 6.63. The summed E-state index contributed by atoms with van der Waals surface area (Å²) in [6.07, 6.45) is 5.40. The molecule has 0 saturated heterocycles. The Bertz CT molecular complexity index is 1130. The minimum atomic E-state index is -0.148. The summed E-state index contributed by atoms with van der Waals surface area (Å²) in [7, 11) is 0. The number of fused-ring (bicyclic) bond motifs is 2. The molecule has 29 heavy (non-hydrogen) atoms. The lowest BCUT2D eigenvalue weighted by Crippen LogP contribution is -2.38. The topological polar surface area (TPSA) is 50.2 Å². The molecule has 0 fully saturated rings. The van der Waals surface area contributed by atoms with Gasteiger partial charge in [0.15, 0.2) is 0 Å². The van der Waals surface area contributed by atoms with Gasteiger partial charge in [-0.15, -0.1) is 0 Å². The number of carbonyl (C=O) groups is 1. The fourth-order valence-corrected chi connectivity index (χ4v) is 4.55. The number of rotatable bonds is 3. The maximum Gasteiger partial charge on any atom is 0.326 e. The summed E-state index contributed by atoms with van der Waals surface area (Å²) in [5.74, 6) is 0. The van der Waals surface area contributed by atoms with Crippen molar-refractivity contribution in [2.45, 2.75) is 16.3 Å². The summed E-state index contributed by atoms with van der Waals surface area (Å²) < 4.78 is 1.95. The van der Waals surface area contributed by atoms with Crippen molar-refractivity contribution in [2.75, 3.05) is 4.90 Å². The average Bonchev–Trinajstić information content (AvgIpc) is 3.31. The molecule has 3 aromatic carbocycles. The first-order chi connectivity index (χ1) is 14.3. The van der Waals surface area contributed by atoms with Gasteiger partial charge in [-0.25, -0.2) is 9.78 Å². The first-order valence-corrected chi connectivity index (χ1v) is 10.1. The number of anilines is 2. The number of benzene rings is 3. The highest BCUT2D eigenvalue weighted by Gasteiger charge is 2.27. The summed E-state index contributed by atoms with van der Waals surface area (Å²) >= 11 is 1.69. The van der Waals surface area contributed by atoms with Crippen molar-refractivity contribution < 1.29 is 4.79 Å². The molecule has 5 nitrogen and oxygen atoms in total. The highest BCUT2D eigenvalue weighted by molar-refractivity contribution is 7.99. The van der Waals surface area contributed by atoms with E-state index in [0.717, 1.165) is 32.4 Å². The lowest BCUT2D eigenvalue weighted by molar-refractivity contribution is 0.248. The molecular weight excluding hydrogens is 380 g/mol. The molecule has 0 saturated carbocycles. The minimum absolute atomic E-state index is 0.148. The molecule has 142 valence electrons. The maximum atomic E-state index is 13.3. The molecule has 0 spiro atoms. The van der Waals surface area contributed by atoms with Gasteiger partial charge in [0.1, 0.15) is 0 Å². The van der Waals surface area contributed by atoms with E-state index in [0.29, 0.717) is 6.54 Å². The molecule has 1 N–H and O–H groups in total. The van der Waals surface area contributed by atoms with Crippen LogP contribution in [0.25, 0.3) is 5.69 Å². The van der Waals surface area contributed by atoms with Crippen molar-refractivity contribution >= 4 is 29.2 Å². The van der Waals surface area contributed by atoms with E-state index < -0.39 is 0 Å². The summed E-state index contributed by atoms with van der Waals surface area (Å²) in [5.41, 5.74) is 3.82. The zero-order valence-electron chi connectivity index (χ0n) is 15.5. The van der Waals surface area contributed by atoms with Crippen LogP contribution in [0.1, 0.15) is 5.56 Å². The number of nitrogens with zero attached hydrogens (tertiary/aromatic N) is 3. The van der Waals surface area contributed by atoms with E-state index in [4.69, 9.17) is 0 Å². The van der Waals surface area contributed by atoms with Crippen LogP contribution in [-0.4, -0.2) is 15.6 Å². The SMILES string of the molecule is O=C(NCc1ccccc1-n1ccnc1)N1c2ccccc2Sc2ccccc21. The van der Waals surface area contributed by atoms with Crippen LogP contribution in [0.3, 0.4) is 0 Å². The first-order valence-electron chi connectivity index (χ1n) is 9.31. The van der Waals surface area contributed by atoms with Gasteiger partial charge in [0.2, 0.25) is 0 Å². The molecule has 1 aliphatic rings. The Balaban J connectivity index is 1.44. The summed E-state index contributed by atoms with van der Waals surface area (Å²) in [6.45, 7) is 0.418. The Morgan fingerprint density at radius 3 is 2.14 bits per heavy atom. The Morgan fingerprint density at radius 1 is 0.862 bits per heavy atom. The van der Waals surface area contributed by atoms with Crippen LogP contribution in [-0.2, 0) is 6.54 Å². The number of hydrogen-bond donors (Lipinski definition) is 1. The van der Waals surface area contributed by atoms with Gasteiger partial charge in [-0.3, -0.25) is 4.90 Å². The van der Waals surface area contributed by atoms with Gasteiger partial charge in [-0.05, 0) is 35.9 Å². The van der Waals surface area contributed by atoms with E-state index in [1.807, 2.05) is 83.6 Å². The average molecular weight is 398 g/mol. The third-order valence-electron chi connectivity index (χ3n) is 4.84. The zero-order valence-corrected chi connectivity index (χ0v) is 16.3. The number of aromatic nitrogens is 2. The van der Waals surface area contributed by atoms with E-state index in [1.54, 1.807) is 29.2 Å². The smallest absolute Gasteiger partial charge is 0.326 e. The molecule has 0 aliphatic carbocycles. The monoisotopic (exact) mass is 398 g/mol. The molecule has 0 atom stereocenters. The molecule has 1 aromatic heterocycles. The van der Waals surface area contributed by atoms with Gasteiger partial charge >= 0.3 is 6.03 Å². The molecule has 5 rings (SSSR count). The largest absolute Gasteiger partial charge is 0.333 e. The molecule has 2 amide bonds. The van der Waals surface area contributed by atoms with Crippen LogP contribution in [0, 0.1) is 0 Å². The second kappa shape index (κ2) is 7.48. The standard InChI is InChI=1S/C23H18N4OS/c28-23(25-15-17-7-1-2-8-18(17)26-14-13-24-16-26)27-19-9-3-5-11-21(19)29-22-12-6-4-10-20(22)27/h1-14,16H,15H2,(H,25,28). The third-order valence-corrected chi connectivity index (χ3v) is 5.97. The van der Waals surface area contributed by atoms with Crippen LogP contribution >= 0.6 is 11.8 Å². The van der Waals surface area contributed by atoms with E-state index in [1.165, 1.54) is 0 Å². The van der Waals surface area contributed by atoms with Crippen LogP contribution in [0.4, 0.5) is 16.2 Å². The minimum Gasteiger partial charge on any atom is -0.333 e. The fraction of sp³-hybridized carbons (Fsp3) is 0.0435. The summed E-state index contributed by atoms with van der Waals surface area (Å²) in [4.78, 5) is 21.3. The molecular formula is C23H18N4OS. The van der Waals surface area contributed by atoms with Gasteiger partial charge in [-0.1, -0.05) is 54.2 Å². The normalized spacial score (nSPS) is 12.2. The fourth-order valence-electron chi connectivity index (χ4n) is 3.49. The highest BCUT2D eigenvalue weighted by Crippen LogP contribution is 2.47. The van der Waals surface area contributed by atoms with E-state index >= 15 is 0 Å². The predicted octanol–water partition coefficient (Wildman–Crippen LogP) is 5.38. The predicted molar refractivity (Wildman–Crippen MR) is 115 cm³/mol. The Kier molecular flexibility index (Phi) is 4.54. The Labute approximate surface area is 173 Å².